The number of nitrogens with two attached hydrogens (primary N) is 1. The van der Waals surface area contributed by atoms with Crippen molar-refractivity contribution in [1.29, 1.82) is 0 Å². The third-order valence-electron chi connectivity index (χ3n) is 1.32. The number of halogens is 2. The Morgan fingerprint density at radius 2 is 2.00 bits per heavy atom. The van der Waals surface area contributed by atoms with Crippen molar-refractivity contribution in [3.8, 4) is 5.75 Å². The number of urea groups is 1. The molecule has 0 spiro atoms. The van der Waals surface area contributed by atoms with E-state index in [4.69, 9.17) is 34.0 Å². The Hall–Kier alpha value is -1.13. The van der Waals surface area contributed by atoms with Gasteiger partial charge in [-0.05, 0) is 12.1 Å². The van der Waals surface area contributed by atoms with Crippen LogP contribution in [0.2, 0.25) is 10.0 Å². The number of carbonyl (C=O) groups is 1. The van der Waals surface area contributed by atoms with Crippen LogP contribution >= 0.6 is 23.2 Å². The van der Waals surface area contributed by atoms with Gasteiger partial charge in [0.25, 0.3) is 0 Å². The van der Waals surface area contributed by atoms with E-state index in [1.165, 1.54) is 12.1 Å². The lowest BCUT2D eigenvalue weighted by molar-refractivity contribution is 0.259. The Balaban J connectivity index is 3.10. The second kappa shape index (κ2) is 3.72. The summed E-state index contributed by atoms with van der Waals surface area (Å²) in [6, 6.07) is 1.96. The molecule has 4 N–H and O–H groups in total. The molecule has 13 heavy (non-hydrogen) atoms. The number of rotatable bonds is 1. The minimum absolute atomic E-state index is 0.0204. The van der Waals surface area contributed by atoms with E-state index in [1.54, 1.807) is 0 Å². The molecule has 1 aromatic rings. The van der Waals surface area contributed by atoms with Crippen LogP contribution in [-0.4, -0.2) is 11.1 Å². The van der Waals surface area contributed by atoms with Gasteiger partial charge in [-0.1, -0.05) is 23.2 Å². The van der Waals surface area contributed by atoms with Crippen LogP contribution in [0, 0.1) is 0 Å². The number of primary amides is 1. The molecule has 70 valence electrons. The van der Waals surface area contributed by atoms with E-state index in [9.17, 15) is 4.79 Å². The third-order valence-corrected chi connectivity index (χ3v) is 2.19. The molecule has 2 amide bonds. The number of anilines is 1. The quantitative estimate of drug-likeness (QED) is 0.635. The number of phenolic OH excluding ortho intramolecular Hbond substituents is 1. The molecule has 1 aromatic carbocycles. The normalized spacial score (nSPS) is 9.69. The van der Waals surface area contributed by atoms with E-state index in [-0.39, 0.29) is 21.5 Å². The number of hydrogen-bond acceptors (Lipinski definition) is 2. The Labute approximate surface area is 84.2 Å². The topological polar surface area (TPSA) is 75.4 Å². The fourth-order valence-corrected chi connectivity index (χ4v) is 1.14. The van der Waals surface area contributed by atoms with Gasteiger partial charge in [0.15, 0.2) is 0 Å². The SMILES string of the molecule is NC(=O)Nc1ccc(O)c(Cl)c1Cl. The summed E-state index contributed by atoms with van der Waals surface area (Å²) in [6.45, 7) is 0. The van der Waals surface area contributed by atoms with Crippen LogP contribution in [-0.2, 0) is 0 Å². The first-order chi connectivity index (χ1) is 6.02. The first-order valence-electron chi connectivity index (χ1n) is 3.26. The van der Waals surface area contributed by atoms with E-state index < -0.39 is 6.03 Å². The van der Waals surface area contributed by atoms with Gasteiger partial charge in [0.1, 0.15) is 10.8 Å². The highest BCUT2D eigenvalue weighted by molar-refractivity contribution is 6.44. The zero-order valence-corrected chi connectivity index (χ0v) is 7.86. The summed E-state index contributed by atoms with van der Waals surface area (Å²) in [5.41, 5.74) is 5.13. The molecule has 0 saturated heterocycles. The molecular weight excluding hydrogens is 215 g/mol. The van der Waals surface area contributed by atoms with Crippen molar-refractivity contribution in [2.75, 3.05) is 5.32 Å². The Kier molecular flexibility index (Phi) is 2.85. The van der Waals surface area contributed by atoms with Crippen LogP contribution < -0.4 is 11.1 Å². The molecule has 0 heterocycles. The maximum Gasteiger partial charge on any atom is 0.316 e. The van der Waals surface area contributed by atoms with E-state index in [0.717, 1.165) is 0 Å². The monoisotopic (exact) mass is 220 g/mol. The second-order valence-corrected chi connectivity index (χ2v) is 3.01. The number of benzene rings is 1. The van der Waals surface area contributed by atoms with Gasteiger partial charge in [0, 0.05) is 0 Å². The van der Waals surface area contributed by atoms with E-state index in [2.05, 4.69) is 5.32 Å². The summed E-state index contributed by atoms with van der Waals surface area (Å²) in [4.78, 5) is 10.5. The molecule has 1 rings (SSSR count). The molecular formula is C7H6Cl2N2O2. The van der Waals surface area contributed by atoms with Crippen molar-refractivity contribution < 1.29 is 9.90 Å². The number of hydrogen-bond donors (Lipinski definition) is 3. The number of amides is 2. The Morgan fingerprint density at radius 3 is 2.54 bits per heavy atom. The van der Waals surface area contributed by atoms with Crippen molar-refractivity contribution in [3.05, 3.63) is 22.2 Å². The van der Waals surface area contributed by atoms with Crippen LogP contribution in [0.25, 0.3) is 0 Å². The van der Waals surface area contributed by atoms with E-state index in [1.807, 2.05) is 0 Å². The number of nitrogens with one attached hydrogen (secondary N) is 1. The fraction of sp³-hybridized carbons (Fsp3) is 0. The van der Waals surface area contributed by atoms with Crippen molar-refractivity contribution in [3.63, 3.8) is 0 Å². The van der Waals surface area contributed by atoms with Crippen LogP contribution in [0.1, 0.15) is 0 Å². The van der Waals surface area contributed by atoms with Gasteiger partial charge in [-0.15, -0.1) is 0 Å². The van der Waals surface area contributed by atoms with Crippen LogP contribution in [0.5, 0.6) is 5.75 Å². The minimum atomic E-state index is -0.747. The molecule has 0 aliphatic rings. The molecule has 0 radical (unpaired) electrons. The van der Waals surface area contributed by atoms with Gasteiger partial charge in [-0.3, -0.25) is 0 Å². The molecule has 6 heteroatoms. The molecule has 0 aliphatic heterocycles. The summed E-state index contributed by atoms with van der Waals surface area (Å²) in [5, 5.41) is 11.4. The zero-order valence-electron chi connectivity index (χ0n) is 6.34. The van der Waals surface area contributed by atoms with Gasteiger partial charge in [-0.2, -0.15) is 0 Å². The maximum atomic E-state index is 10.5. The average Bonchev–Trinajstić information content (AvgIpc) is 2.06. The second-order valence-electron chi connectivity index (χ2n) is 2.25. The standard InChI is InChI=1S/C7H6Cl2N2O2/c8-5-3(11-7(10)13)1-2-4(12)6(5)9/h1-2,12H,(H3,10,11,13). The zero-order chi connectivity index (χ0) is 10.0. The van der Waals surface area contributed by atoms with Gasteiger partial charge in [0.05, 0.1) is 10.7 Å². The van der Waals surface area contributed by atoms with Gasteiger partial charge in [-0.25, -0.2) is 4.79 Å². The van der Waals surface area contributed by atoms with Crippen LogP contribution in [0.4, 0.5) is 10.5 Å². The molecule has 0 fully saturated rings. The molecule has 0 bridgehead atoms. The van der Waals surface area contributed by atoms with E-state index in [0.29, 0.717) is 0 Å². The summed E-state index contributed by atoms with van der Waals surface area (Å²) in [6.07, 6.45) is 0. The predicted octanol–water partition coefficient (Wildman–Crippen LogP) is 2.19. The first-order valence-corrected chi connectivity index (χ1v) is 4.01. The summed E-state index contributed by atoms with van der Waals surface area (Å²) in [5.74, 6) is -0.151. The van der Waals surface area contributed by atoms with Crippen molar-refractivity contribution >= 4 is 34.9 Å². The molecule has 0 aromatic heterocycles. The van der Waals surface area contributed by atoms with Gasteiger partial charge in [0.2, 0.25) is 0 Å². The van der Waals surface area contributed by atoms with E-state index >= 15 is 0 Å². The largest absolute Gasteiger partial charge is 0.506 e. The highest BCUT2D eigenvalue weighted by Crippen LogP contribution is 2.36. The fourth-order valence-electron chi connectivity index (χ4n) is 0.769. The first kappa shape index (κ1) is 9.95. The number of phenols is 1. The Bertz CT molecular complexity index is 355. The van der Waals surface area contributed by atoms with Crippen LogP contribution in [0.3, 0.4) is 0 Å². The predicted molar refractivity (Wildman–Crippen MR) is 51.3 cm³/mol. The minimum Gasteiger partial charge on any atom is -0.506 e. The van der Waals surface area contributed by atoms with Crippen molar-refractivity contribution in [1.82, 2.24) is 0 Å². The highest BCUT2D eigenvalue weighted by Gasteiger charge is 2.09. The Morgan fingerprint density at radius 1 is 1.38 bits per heavy atom. The summed E-state index contributed by atoms with van der Waals surface area (Å²) < 4.78 is 0. The van der Waals surface area contributed by atoms with Crippen LogP contribution in [0.15, 0.2) is 12.1 Å². The third kappa shape index (κ3) is 2.17. The molecule has 0 saturated carbocycles. The lowest BCUT2D eigenvalue weighted by Gasteiger charge is -2.06. The lowest BCUT2D eigenvalue weighted by atomic mass is 10.3. The van der Waals surface area contributed by atoms with Gasteiger partial charge < -0.3 is 16.2 Å². The maximum absolute atomic E-state index is 10.5. The van der Waals surface area contributed by atoms with Gasteiger partial charge >= 0.3 is 6.03 Å². The number of carbonyl (C=O) groups excluding carboxylic acids is 1. The smallest absolute Gasteiger partial charge is 0.316 e. The molecule has 0 unspecified atom stereocenters. The van der Waals surface area contributed by atoms with Crippen molar-refractivity contribution in [2.24, 2.45) is 5.73 Å². The summed E-state index contributed by atoms with van der Waals surface area (Å²) >= 11 is 11.3. The number of aromatic hydroxyl groups is 1. The lowest BCUT2D eigenvalue weighted by Crippen LogP contribution is -2.19. The highest BCUT2D eigenvalue weighted by atomic mass is 35.5. The molecule has 0 aliphatic carbocycles. The summed E-state index contributed by atoms with van der Waals surface area (Å²) in [7, 11) is 0. The molecule has 4 nitrogen and oxygen atoms in total. The van der Waals surface area contributed by atoms with Crippen molar-refractivity contribution in [2.45, 2.75) is 0 Å². The average molecular weight is 221 g/mol. The molecule has 0 atom stereocenters.